The van der Waals surface area contributed by atoms with Crippen molar-refractivity contribution in [1.29, 1.82) is 0 Å². The van der Waals surface area contributed by atoms with Crippen LogP contribution in [0.3, 0.4) is 0 Å². The first-order chi connectivity index (χ1) is 12.3. The third-order valence-corrected chi connectivity index (χ3v) is 3.54. The summed E-state index contributed by atoms with van der Waals surface area (Å²) < 4.78 is 40.7. The topological polar surface area (TPSA) is 75.5 Å². The Labute approximate surface area is 154 Å². The first kappa shape index (κ1) is 20.7. The highest BCUT2D eigenvalue weighted by atomic mass is 19.4. The molecule has 0 atom stereocenters. The zero-order chi connectivity index (χ0) is 20.6. The van der Waals surface area contributed by atoms with Crippen molar-refractivity contribution in [2.45, 2.75) is 53.3 Å². The maximum atomic E-state index is 13.3. The summed E-state index contributed by atoms with van der Waals surface area (Å²) >= 11 is 0. The molecule has 0 spiro atoms. The molecule has 148 valence electrons. The average molecular weight is 384 g/mol. The summed E-state index contributed by atoms with van der Waals surface area (Å²) in [5, 5.41) is 5.36. The molecule has 0 saturated heterocycles. The molecular formula is C18H23F3N4O2. The van der Waals surface area contributed by atoms with Gasteiger partial charge < -0.3 is 10.6 Å². The summed E-state index contributed by atoms with van der Waals surface area (Å²) in [5.74, 6) is -0.505. The van der Waals surface area contributed by atoms with Gasteiger partial charge in [0.05, 0.1) is 5.56 Å². The van der Waals surface area contributed by atoms with E-state index in [9.17, 15) is 22.8 Å². The van der Waals surface area contributed by atoms with E-state index in [0.29, 0.717) is 0 Å². The number of amides is 1. The Bertz CT molecular complexity index is 912. The van der Waals surface area contributed by atoms with Crippen molar-refractivity contribution in [2.24, 2.45) is 5.41 Å². The molecule has 0 fully saturated rings. The van der Waals surface area contributed by atoms with Crippen molar-refractivity contribution >= 4 is 23.1 Å². The van der Waals surface area contributed by atoms with Crippen molar-refractivity contribution in [3.05, 3.63) is 34.2 Å². The van der Waals surface area contributed by atoms with Crippen molar-refractivity contribution in [2.75, 3.05) is 10.6 Å². The summed E-state index contributed by atoms with van der Waals surface area (Å²) in [6.07, 6.45) is -3.34. The Morgan fingerprint density at radius 3 is 2.41 bits per heavy atom. The van der Waals surface area contributed by atoms with Crippen LogP contribution < -0.4 is 16.2 Å². The molecule has 0 saturated carbocycles. The van der Waals surface area contributed by atoms with E-state index in [0.717, 1.165) is 16.5 Å². The van der Waals surface area contributed by atoms with Gasteiger partial charge in [-0.25, -0.2) is 4.98 Å². The van der Waals surface area contributed by atoms with Gasteiger partial charge in [0.1, 0.15) is 0 Å². The number of nitrogens with zero attached hydrogens (tertiary/aromatic N) is 2. The maximum Gasteiger partial charge on any atom is 0.419 e. The molecule has 9 heteroatoms. The van der Waals surface area contributed by atoms with Gasteiger partial charge in [0, 0.05) is 18.7 Å². The highest BCUT2D eigenvalue weighted by molar-refractivity contribution is 5.94. The molecule has 0 aromatic carbocycles. The number of hydrogen-bond acceptors (Lipinski definition) is 4. The van der Waals surface area contributed by atoms with E-state index in [4.69, 9.17) is 0 Å². The second kappa shape index (κ2) is 7.21. The molecule has 0 aliphatic rings. The molecule has 0 aliphatic heterocycles. The van der Waals surface area contributed by atoms with Gasteiger partial charge in [-0.2, -0.15) is 13.2 Å². The average Bonchev–Trinajstić information content (AvgIpc) is 2.47. The summed E-state index contributed by atoms with van der Waals surface area (Å²) in [6, 6.07) is 1.77. The lowest BCUT2D eigenvalue weighted by atomic mass is 9.92. The molecule has 1 amide bonds. The van der Waals surface area contributed by atoms with Crippen LogP contribution in [0.1, 0.15) is 46.6 Å². The number of halogens is 3. The van der Waals surface area contributed by atoms with Crippen molar-refractivity contribution in [3.8, 4) is 0 Å². The monoisotopic (exact) mass is 384 g/mol. The molecule has 2 aromatic heterocycles. The van der Waals surface area contributed by atoms with Crippen LogP contribution >= 0.6 is 0 Å². The smallest absolute Gasteiger partial charge is 0.366 e. The van der Waals surface area contributed by atoms with Gasteiger partial charge in [-0.3, -0.25) is 14.0 Å². The fourth-order valence-corrected chi connectivity index (χ4v) is 2.54. The lowest BCUT2D eigenvalue weighted by Gasteiger charge is -2.20. The number of nitrogens with one attached hydrogen (secondary N) is 2. The zero-order valence-corrected chi connectivity index (χ0v) is 15.9. The van der Waals surface area contributed by atoms with Gasteiger partial charge in [0.15, 0.2) is 17.2 Å². The van der Waals surface area contributed by atoms with Crippen molar-refractivity contribution in [3.63, 3.8) is 0 Å². The number of anilines is 2. The standard InChI is InChI=1S/C18H23F3N4O2/c1-10(2)22-14-13(23-12(26)9-17(3,4)5)16(27)25-8-6-7-11(15(25)24-14)18(19,20)21/h6-8,10,22H,9H2,1-5H3,(H,23,26). The normalized spacial score (nSPS) is 12.5. The van der Waals surface area contributed by atoms with Crippen LogP contribution in [-0.4, -0.2) is 21.3 Å². The number of fused-ring (bicyclic) bond motifs is 1. The molecule has 0 bridgehead atoms. The Morgan fingerprint density at radius 2 is 1.89 bits per heavy atom. The van der Waals surface area contributed by atoms with Gasteiger partial charge in [-0.15, -0.1) is 0 Å². The number of carbonyl (C=O) groups is 1. The fourth-order valence-electron chi connectivity index (χ4n) is 2.54. The van der Waals surface area contributed by atoms with Crippen LogP contribution in [0.4, 0.5) is 24.7 Å². The Kier molecular flexibility index (Phi) is 5.53. The number of hydrogen-bond donors (Lipinski definition) is 2. The maximum absolute atomic E-state index is 13.3. The van der Waals surface area contributed by atoms with E-state index in [-0.39, 0.29) is 29.4 Å². The molecule has 0 radical (unpaired) electrons. The van der Waals surface area contributed by atoms with Gasteiger partial charge in [-0.1, -0.05) is 20.8 Å². The minimum absolute atomic E-state index is 0.0889. The van der Waals surface area contributed by atoms with E-state index >= 15 is 0 Å². The summed E-state index contributed by atoms with van der Waals surface area (Å²) in [4.78, 5) is 29.1. The quantitative estimate of drug-likeness (QED) is 0.838. The molecule has 27 heavy (non-hydrogen) atoms. The van der Waals surface area contributed by atoms with Gasteiger partial charge in [0.25, 0.3) is 5.56 Å². The van der Waals surface area contributed by atoms with Crippen LogP contribution in [0.15, 0.2) is 23.1 Å². The second-order valence-corrected chi connectivity index (χ2v) is 7.84. The SMILES string of the molecule is CC(C)Nc1nc2c(C(F)(F)F)cccn2c(=O)c1NC(=O)CC(C)(C)C. The fraction of sp³-hybridized carbons (Fsp3) is 0.500. The molecule has 2 N–H and O–H groups in total. The van der Waals surface area contributed by atoms with E-state index in [1.807, 2.05) is 20.8 Å². The molecule has 0 unspecified atom stereocenters. The first-order valence-corrected chi connectivity index (χ1v) is 8.48. The third-order valence-electron chi connectivity index (χ3n) is 3.54. The highest BCUT2D eigenvalue weighted by Gasteiger charge is 2.34. The lowest BCUT2D eigenvalue weighted by molar-refractivity contribution is -0.136. The molecule has 0 aliphatic carbocycles. The first-order valence-electron chi connectivity index (χ1n) is 8.48. The number of carbonyl (C=O) groups excluding carboxylic acids is 1. The van der Waals surface area contributed by atoms with E-state index in [1.165, 1.54) is 6.20 Å². The summed E-state index contributed by atoms with van der Waals surface area (Å²) in [5.41, 5.74) is -2.82. The van der Waals surface area contributed by atoms with Crippen LogP contribution in [-0.2, 0) is 11.0 Å². The predicted octanol–water partition coefficient (Wildman–Crippen LogP) is 3.91. The Morgan fingerprint density at radius 1 is 1.26 bits per heavy atom. The van der Waals surface area contributed by atoms with E-state index in [1.54, 1.807) is 13.8 Å². The Hall–Kier alpha value is -2.58. The van der Waals surface area contributed by atoms with Crippen molar-refractivity contribution in [1.82, 2.24) is 9.38 Å². The molecule has 6 nitrogen and oxygen atoms in total. The number of alkyl halides is 3. The number of aromatic nitrogens is 2. The summed E-state index contributed by atoms with van der Waals surface area (Å²) in [7, 11) is 0. The molecule has 2 aromatic rings. The molecule has 2 heterocycles. The molecule has 2 rings (SSSR count). The largest absolute Gasteiger partial charge is 0.419 e. The van der Waals surface area contributed by atoms with Crippen LogP contribution in [0, 0.1) is 5.41 Å². The minimum atomic E-state index is -4.67. The van der Waals surface area contributed by atoms with Crippen LogP contribution in [0.25, 0.3) is 5.65 Å². The van der Waals surface area contributed by atoms with Crippen LogP contribution in [0.2, 0.25) is 0 Å². The molecular weight excluding hydrogens is 361 g/mol. The van der Waals surface area contributed by atoms with E-state index in [2.05, 4.69) is 15.6 Å². The minimum Gasteiger partial charge on any atom is -0.366 e. The van der Waals surface area contributed by atoms with Gasteiger partial charge >= 0.3 is 6.18 Å². The predicted molar refractivity (Wildman–Crippen MR) is 97.9 cm³/mol. The lowest BCUT2D eigenvalue weighted by Crippen LogP contribution is -2.29. The van der Waals surface area contributed by atoms with E-state index < -0.39 is 28.9 Å². The second-order valence-electron chi connectivity index (χ2n) is 7.84. The van der Waals surface area contributed by atoms with Gasteiger partial charge in [-0.05, 0) is 31.4 Å². The summed E-state index contributed by atoms with van der Waals surface area (Å²) in [6.45, 7) is 9.09. The van der Waals surface area contributed by atoms with Gasteiger partial charge in [0.2, 0.25) is 5.91 Å². The number of pyridine rings is 1. The zero-order valence-electron chi connectivity index (χ0n) is 15.9. The van der Waals surface area contributed by atoms with Crippen LogP contribution in [0.5, 0.6) is 0 Å². The highest BCUT2D eigenvalue weighted by Crippen LogP contribution is 2.32. The Balaban J connectivity index is 2.67. The number of rotatable bonds is 4. The third kappa shape index (κ3) is 4.99. The van der Waals surface area contributed by atoms with Crippen molar-refractivity contribution < 1.29 is 18.0 Å².